The molecule has 77 heavy (non-hydrogen) atoms. The summed E-state index contributed by atoms with van der Waals surface area (Å²) in [6.07, 6.45) is 8.62. The maximum atomic E-state index is 12.5. The SMILES string of the molecule is COCCOCCOCCOCC[N+](CCOCCOCCOCCOC)=c1ccc2c(/C=C/C=C3/N(CCCCCC(=O)ON4C(=O)CCC4=O)c4ccc(S(=O)(=O)[O-])cc4C3(C)CCCS(=O)(=O)O)ccoc-2c1.[Na+]. The molecule has 0 aromatic heterocycles. The van der Waals surface area contributed by atoms with Crippen molar-refractivity contribution in [3.8, 4) is 11.3 Å². The number of allylic oxidation sites excluding steroid dienone is 3. The van der Waals surface area contributed by atoms with Gasteiger partial charge in [0.1, 0.15) is 29.1 Å². The topological polar surface area (TPSA) is 268 Å². The standard InChI is InChI=1S/C52H73N3O19S2.Na/c1-52(19-8-38-75(59,60)61)45-40-43(76(62,63)64)13-15-46(45)54(20-6-4-5-11-51(58)74-55-49(56)16-17-50(55)57)48(52)10-7-9-41-18-23-73-47-39-42(12-14-44(41)47)53(21-24-67-30-32-71-36-34-69-28-26-65-2)22-25-68-31-33-72-37-35-70-29-27-66-3;/h7,9-10,12-15,18,23,39-40H,4-6,8,11,16-17,19-22,24-38H2,1-3H3,(H-,59,60,61,62,63,64);/q;+1. The molecule has 2 amide bonds. The summed E-state index contributed by atoms with van der Waals surface area (Å²) in [5, 5.41) is 1.38. The van der Waals surface area contributed by atoms with Gasteiger partial charge in [-0.1, -0.05) is 18.6 Å². The number of hydrogen-bond acceptors (Lipinski definition) is 19. The number of unbranched alkanes of at least 4 members (excludes halogenated alkanes) is 2. The Balaban J connectivity index is 0.0000128. The van der Waals surface area contributed by atoms with Gasteiger partial charge >= 0.3 is 35.5 Å². The molecule has 0 saturated carbocycles. The molecular weight excluding hydrogens is 1060 g/mol. The summed E-state index contributed by atoms with van der Waals surface area (Å²) in [5.74, 6) is -1.81. The van der Waals surface area contributed by atoms with Crippen molar-refractivity contribution in [2.24, 2.45) is 0 Å². The molecule has 1 fully saturated rings. The Morgan fingerprint density at radius 2 is 1.32 bits per heavy atom. The van der Waals surface area contributed by atoms with E-state index in [2.05, 4.69) is 4.58 Å². The van der Waals surface area contributed by atoms with Crippen LogP contribution in [0.3, 0.4) is 0 Å². The molecule has 1 aliphatic carbocycles. The number of ether oxygens (including phenoxy) is 8. The molecule has 1 aromatic rings. The second kappa shape index (κ2) is 34.2. The van der Waals surface area contributed by atoms with Gasteiger partial charge in [-0.3, -0.25) is 14.1 Å². The minimum Gasteiger partial charge on any atom is -0.744 e. The summed E-state index contributed by atoms with van der Waals surface area (Å²) in [5.41, 5.74) is 2.32. The summed E-state index contributed by atoms with van der Waals surface area (Å²) >= 11 is 0. The van der Waals surface area contributed by atoms with Gasteiger partial charge in [0.05, 0.1) is 102 Å². The van der Waals surface area contributed by atoms with Crippen molar-refractivity contribution in [3.05, 3.63) is 83.1 Å². The maximum absolute atomic E-state index is 12.5. The zero-order chi connectivity index (χ0) is 54.8. The van der Waals surface area contributed by atoms with Crippen LogP contribution < -0.4 is 44.4 Å². The molecule has 0 bridgehead atoms. The zero-order valence-corrected chi connectivity index (χ0v) is 48.3. The Kier molecular flexibility index (Phi) is 29.2. The normalized spacial score (nSPS) is 16.3. The number of fused-ring (bicyclic) bond motifs is 2. The van der Waals surface area contributed by atoms with Crippen LogP contribution in [0.15, 0.2) is 75.9 Å². The van der Waals surface area contributed by atoms with Gasteiger partial charge in [0.15, 0.2) is 13.1 Å². The second-order valence-electron chi connectivity index (χ2n) is 18.0. The van der Waals surface area contributed by atoms with E-state index in [0.29, 0.717) is 159 Å². The molecule has 25 heteroatoms. The second-order valence-corrected chi connectivity index (χ2v) is 20.9. The fraction of sp³-hybridized carbons (Fsp3) is 0.577. The van der Waals surface area contributed by atoms with Crippen molar-refractivity contribution < 1.29 is 117 Å². The quantitative estimate of drug-likeness (QED) is 0.0275. The number of methoxy groups -OCH3 is 2. The maximum Gasteiger partial charge on any atom is 1.00 e. The first-order valence-corrected chi connectivity index (χ1v) is 28.4. The van der Waals surface area contributed by atoms with Gasteiger partial charge in [0, 0.05) is 68.5 Å². The van der Waals surface area contributed by atoms with Crippen molar-refractivity contribution in [2.75, 3.05) is 137 Å². The summed E-state index contributed by atoms with van der Waals surface area (Å²) in [6.45, 7) is 9.59. The predicted molar refractivity (Wildman–Crippen MR) is 277 cm³/mol. The molecule has 3 aliphatic heterocycles. The Hall–Kier alpha value is -3.96. The number of carbonyl (C=O) groups is 3. The van der Waals surface area contributed by atoms with Crippen LogP contribution in [0.25, 0.3) is 17.4 Å². The number of anilines is 1. The van der Waals surface area contributed by atoms with E-state index in [9.17, 15) is 40.3 Å². The molecule has 0 spiro atoms. The third kappa shape index (κ3) is 21.9. The number of amides is 2. The largest absolute Gasteiger partial charge is 1.00 e. The van der Waals surface area contributed by atoms with Gasteiger partial charge < -0.3 is 56.6 Å². The third-order valence-corrected chi connectivity index (χ3v) is 14.2. The van der Waals surface area contributed by atoms with Gasteiger partial charge in [-0.05, 0) is 80.1 Å². The first kappa shape index (κ1) is 65.6. The van der Waals surface area contributed by atoms with Crippen molar-refractivity contribution in [3.63, 3.8) is 0 Å². The Bertz CT molecular complexity index is 2620. The molecule has 22 nitrogen and oxygen atoms in total. The number of imide groups is 1. The Morgan fingerprint density at radius 3 is 1.88 bits per heavy atom. The van der Waals surface area contributed by atoms with Crippen molar-refractivity contribution >= 4 is 49.8 Å². The Morgan fingerprint density at radius 1 is 0.753 bits per heavy atom. The van der Waals surface area contributed by atoms with Gasteiger partial charge in [0.25, 0.3) is 21.9 Å². The van der Waals surface area contributed by atoms with E-state index in [1.54, 1.807) is 26.5 Å². The molecule has 1 saturated heterocycles. The van der Waals surface area contributed by atoms with Gasteiger partial charge in [-0.2, -0.15) is 8.42 Å². The van der Waals surface area contributed by atoms with E-state index >= 15 is 0 Å². The minimum absolute atomic E-state index is 0. The summed E-state index contributed by atoms with van der Waals surface area (Å²) < 4.78 is 123. The molecule has 1 N–H and O–H groups in total. The van der Waals surface area contributed by atoms with Gasteiger partial charge in [0.2, 0.25) is 5.36 Å². The van der Waals surface area contributed by atoms with E-state index in [1.165, 1.54) is 12.1 Å². The van der Waals surface area contributed by atoms with E-state index in [4.69, 9.17) is 47.1 Å². The average Bonchev–Trinajstić information content (AvgIpc) is 3.82. The van der Waals surface area contributed by atoms with Crippen molar-refractivity contribution in [1.82, 2.24) is 9.64 Å². The van der Waals surface area contributed by atoms with Gasteiger partial charge in [-0.25, -0.2) is 17.8 Å². The fourth-order valence-corrected chi connectivity index (χ4v) is 9.62. The minimum atomic E-state index is -4.88. The van der Waals surface area contributed by atoms with Crippen molar-refractivity contribution in [1.29, 1.82) is 0 Å². The molecule has 5 rings (SSSR count). The van der Waals surface area contributed by atoms with Crippen LogP contribution in [0.2, 0.25) is 0 Å². The van der Waals surface area contributed by atoms with Crippen LogP contribution in [0.5, 0.6) is 0 Å². The van der Waals surface area contributed by atoms with Crippen LogP contribution >= 0.6 is 0 Å². The van der Waals surface area contributed by atoms with Crippen LogP contribution in [-0.2, 0) is 82.8 Å². The van der Waals surface area contributed by atoms with Crippen LogP contribution in [0.1, 0.15) is 69.4 Å². The van der Waals surface area contributed by atoms with E-state index in [-0.39, 0.29) is 61.7 Å². The van der Waals surface area contributed by atoms with E-state index in [0.717, 1.165) is 16.5 Å². The number of nitrogens with zero attached hydrogens (tertiary/aromatic N) is 3. The summed E-state index contributed by atoms with van der Waals surface area (Å²) in [4.78, 5) is 42.9. The number of hydroxylamine groups is 2. The summed E-state index contributed by atoms with van der Waals surface area (Å²) in [7, 11) is -6.00. The number of rotatable bonds is 38. The molecule has 1 unspecified atom stereocenters. The predicted octanol–water partition coefficient (Wildman–Crippen LogP) is 0.968. The monoisotopic (exact) mass is 1130 g/mol. The van der Waals surface area contributed by atoms with Crippen LogP contribution in [-0.4, -0.2) is 181 Å². The first-order valence-electron chi connectivity index (χ1n) is 25.4. The van der Waals surface area contributed by atoms with Crippen molar-refractivity contribution in [2.45, 2.75) is 68.6 Å². The number of carbonyl (C=O) groups excluding carboxylic acids is 3. The molecule has 422 valence electrons. The third-order valence-electron chi connectivity index (χ3n) is 12.5. The van der Waals surface area contributed by atoms with Gasteiger partial charge in [-0.15, -0.1) is 5.06 Å². The number of hydrogen-bond donors (Lipinski definition) is 1. The van der Waals surface area contributed by atoms with Crippen LogP contribution in [0.4, 0.5) is 5.69 Å². The molecular formula is C52H73N3NaO19S2+. The average molecular weight is 1130 g/mol. The number of benzene rings is 2. The van der Waals surface area contributed by atoms with Crippen LogP contribution in [0, 0.1) is 0 Å². The fourth-order valence-electron chi connectivity index (χ4n) is 8.61. The summed E-state index contributed by atoms with van der Waals surface area (Å²) in [6, 6.07) is 11.8. The zero-order valence-electron chi connectivity index (χ0n) is 44.7. The molecule has 4 aliphatic rings. The molecule has 0 radical (unpaired) electrons. The first-order chi connectivity index (χ1) is 36.6. The van der Waals surface area contributed by atoms with E-state index < -0.39 is 54.1 Å². The molecule has 3 heterocycles. The van der Waals surface area contributed by atoms with E-state index in [1.807, 2.05) is 54.3 Å². The Labute approximate surface area is 473 Å². The molecule has 1 aromatic carbocycles. The smallest absolute Gasteiger partial charge is 0.744 e. The molecule has 1 atom stereocenters.